The molecule has 0 saturated carbocycles. The maximum Gasteiger partial charge on any atom is 0.305 e. The molecule has 3 aromatic carbocycles. The molecule has 3 N–H and O–H groups in total. The SMILES string of the molecule is O=C(O)CCN(CCc1ccccn1)C(=O)c1ccccc1-c1ccccc1C(=O)NC(CO)c1ccccc1. The van der Waals surface area contributed by atoms with Crippen molar-refractivity contribution in [2.24, 2.45) is 0 Å². The number of amides is 2. The van der Waals surface area contributed by atoms with E-state index in [9.17, 15) is 24.6 Å². The van der Waals surface area contributed by atoms with E-state index >= 15 is 0 Å². The molecule has 1 aromatic heterocycles. The lowest BCUT2D eigenvalue weighted by molar-refractivity contribution is -0.137. The minimum atomic E-state index is -0.997. The van der Waals surface area contributed by atoms with E-state index in [0.717, 1.165) is 11.3 Å². The third-order valence-electron chi connectivity index (χ3n) is 6.56. The average Bonchev–Trinajstić information content (AvgIpc) is 3.00. The summed E-state index contributed by atoms with van der Waals surface area (Å²) in [4.78, 5) is 44.5. The fourth-order valence-electron chi connectivity index (χ4n) is 4.49. The summed E-state index contributed by atoms with van der Waals surface area (Å²) in [5.74, 6) is -1.72. The first-order valence-corrected chi connectivity index (χ1v) is 13.0. The second kappa shape index (κ2) is 13.8. The highest BCUT2D eigenvalue weighted by atomic mass is 16.4. The van der Waals surface area contributed by atoms with Crippen molar-refractivity contribution in [1.82, 2.24) is 15.2 Å². The van der Waals surface area contributed by atoms with Crippen LogP contribution in [0.2, 0.25) is 0 Å². The highest BCUT2D eigenvalue weighted by Gasteiger charge is 2.23. The van der Waals surface area contributed by atoms with E-state index in [-0.39, 0.29) is 32.0 Å². The number of aliphatic carboxylic acids is 1. The van der Waals surface area contributed by atoms with Gasteiger partial charge in [-0.2, -0.15) is 0 Å². The number of hydrogen-bond acceptors (Lipinski definition) is 5. The normalized spacial score (nSPS) is 11.4. The number of nitrogens with one attached hydrogen (secondary N) is 1. The number of pyridine rings is 1. The number of carbonyl (C=O) groups is 3. The van der Waals surface area contributed by atoms with E-state index < -0.39 is 17.9 Å². The van der Waals surface area contributed by atoms with E-state index in [1.165, 1.54) is 4.90 Å². The zero-order chi connectivity index (χ0) is 28.3. The van der Waals surface area contributed by atoms with Crippen molar-refractivity contribution in [3.05, 3.63) is 126 Å². The maximum atomic E-state index is 13.8. The van der Waals surface area contributed by atoms with Crippen LogP contribution in [0.4, 0.5) is 0 Å². The number of nitrogens with zero attached hydrogens (tertiary/aromatic N) is 2. The number of aliphatic hydroxyl groups excluding tert-OH is 1. The van der Waals surface area contributed by atoms with Crippen molar-refractivity contribution < 1.29 is 24.6 Å². The van der Waals surface area contributed by atoms with Gasteiger partial charge in [0.1, 0.15) is 0 Å². The van der Waals surface area contributed by atoms with E-state index in [4.69, 9.17) is 0 Å². The standard InChI is InChI=1S/C32H31N3O5/c36-22-29(23-10-2-1-3-11-23)34-31(39)27-15-6-4-13-25(27)26-14-5-7-16-28(26)32(40)35(21-18-30(37)38)20-17-24-12-8-9-19-33-24/h1-16,19,29,36H,17-18,20-22H2,(H,34,39)(H,37,38). The second-order valence-corrected chi connectivity index (χ2v) is 9.22. The molecule has 40 heavy (non-hydrogen) atoms. The molecular weight excluding hydrogens is 506 g/mol. The minimum Gasteiger partial charge on any atom is -0.481 e. The summed E-state index contributed by atoms with van der Waals surface area (Å²) in [5, 5.41) is 22.1. The Morgan fingerprint density at radius 2 is 1.40 bits per heavy atom. The summed E-state index contributed by atoms with van der Waals surface area (Å²) in [5.41, 5.74) is 3.38. The summed E-state index contributed by atoms with van der Waals surface area (Å²) in [6.07, 6.45) is 1.95. The Labute approximate surface area is 232 Å². The molecule has 4 aromatic rings. The molecule has 0 spiro atoms. The van der Waals surface area contributed by atoms with Crippen molar-refractivity contribution in [3.63, 3.8) is 0 Å². The highest BCUT2D eigenvalue weighted by Crippen LogP contribution is 2.29. The van der Waals surface area contributed by atoms with Gasteiger partial charge >= 0.3 is 5.97 Å². The lowest BCUT2D eigenvalue weighted by Crippen LogP contribution is -2.35. The van der Waals surface area contributed by atoms with Crippen molar-refractivity contribution >= 4 is 17.8 Å². The second-order valence-electron chi connectivity index (χ2n) is 9.22. The van der Waals surface area contributed by atoms with Crippen LogP contribution in [0.1, 0.15) is 44.4 Å². The largest absolute Gasteiger partial charge is 0.481 e. The number of hydrogen-bond donors (Lipinski definition) is 3. The first kappa shape index (κ1) is 28.2. The third kappa shape index (κ3) is 7.18. The number of aromatic nitrogens is 1. The Morgan fingerprint density at radius 3 is 2.05 bits per heavy atom. The Bertz CT molecular complexity index is 1440. The van der Waals surface area contributed by atoms with Gasteiger partial charge in [-0.25, -0.2) is 0 Å². The lowest BCUT2D eigenvalue weighted by Gasteiger charge is -2.24. The zero-order valence-electron chi connectivity index (χ0n) is 21.9. The van der Waals surface area contributed by atoms with Gasteiger partial charge in [0.05, 0.1) is 19.1 Å². The van der Waals surface area contributed by atoms with E-state index in [0.29, 0.717) is 28.7 Å². The summed E-state index contributed by atoms with van der Waals surface area (Å²) in [6.45, 7) is 0.0450. The molecule has 1 atom stereocenters. The van der Waals surface area contributed by atoms with Crippen LogP contribution in [0.3, 0.4) is 0 Å². The summed E-state index contributed by atoms with van der Waals surface area (Å²) >= 11 is 0. The van der Waals surface area contributed by atoms with Crippen molar-refractivity contribution in [2.45, 2.75) is 18.9 Å². The maximum absolute atomic E-state index is 13.8. The summed E-state index contributed by atoms with van der Waals surface area (Å²) in [7, 11) is 0. The Kier molecular flexibility index (Phi) is 9.74. The zero-order valence-corrected chi connectivity index (χ0v) is 21.9. The van der Waals surface area contributed by atoms with E-state index in [1.807, 2.05) is 48.5 Å². The number of aliphatic hydroxyl groups is 1. The van der Waals surface area contributed by atoms with Gasteiger partial charge in [-0.05, 0) is 41.0 Å². The van der Waals surface area contributed by atoms with Crippen LogP contribution in [0.5, 0.6) is 0 Å². The van der Waals surface area contributed by atoms with E-state index in [1.54, 1.807) is 54.7 Å². The first-order valence-electron chi connectivity index (χ1n) is 13.0. The Morgan fingerprint density at radius 1 is 0.775 bits per heavy atom. The van der Waals surface area contributed by atoms with Crippen LogP contribution >= 0.6 is 0 Å². The minimum absolute atomic E-state index is 0.0344. The molecule has 0 saturated heterocycles. The Balaban J connectivity index is 1.64. The van der Waals surface area contributed by atoms with Gasteiger partial charge < -0.3 is 20.4 Å². The molecular formula is C32H31N3O5. The van der Waals surface area contributed by atoms with Crippen LogP contribution < -0.4 is 5.32 Å². The predicted molar refractivity (Wildman–Crippen MR) is 152 cm³/mol. The topological polar surface area (TPSA) is 120 Å². The molecule has 0 aliphatic carbocycles. The molecule has 0 fully saturated rings. The molecule has 0 aliphatic heterocycles. The molecule has 0 aliphatic rings. The summed E-state index contributed by atoms with van der Waals surface area (Å²) in [6, 6.07) is 28.1. The number of carboxylic acids is 1. The quantitative estimate of drug-likeness (QED) is 0.247. The third-order valence-corrected chi connectivity index (χ3v) is 6.56. The van der Waals surface area contributed by atoms with Gasteiger partial charge in [0.15, 0.2) is 0 Å². The smallest absolute Gasteiger partial charge is 0.305 e. The molecule has 2 amide bonds. The molecule has 1 unspecified atom stereocenters. The van der Waals surface area contributed by atoms with Gasteiger partial charge in [-0.3, -0.25) is 19.4 Å². The van der Waals surface area contributed by atoms with Crippen LogP contribution in [0.25, 0.3) is 11.1 Å². The predicted octanol–water partition coefficient (Wildman–Crippen LogP) is 4.37. The molecule has 204 valence electrons. The number of rotatable bonds is 12. The fraction of sp³-hybridized carbons (Fsp3) is 0.188. The monoisotopic (exact) mass is 537 g/mol. The van der Waals surface area contributed by atoms with Crippen LogP contribution in [-0.2, 0) is 11.2 Å². The first-order chi connectivity index (χ1) is 19.5. The van der Waals surface area contributed by atoms with Gasteiger partial charge in [-0.1, -0.05) is 72.8 Å². The fourth-order valence-corrected chi connectivity index (χ4v) is 4.49. The summed E-state index contributed by atoms with van der Waals surface area (Å²) < 4.78 is 0. The molecule has 1 heterocycles. The van der Waals surface area contributed by atoms with Gasteiger partial charge in [0, 0.05) is 42.5 Å². The molecule has 0 bridgehead atoms. The van der Waals surface area contributed by atoms with Crippen LogP contribution in [0, 0.1) is 0 Å². The van der Waals surface area contributed by atoms with E-state index in [2.05, 4.69) is 10.3 Å². The average molecular weight is 538 g/mol. The number of carbonyl (C=O) groups excluding carboxylic acids is 2. The molecule has 4 rings (SSSR count). The van der Waals surface area contributed by atoms with Crippen LogP contribution in [0.15, 0.2) is 103 Å². The van der Waals surface area contributed by atoms with Gasteiger partial charge in [0.2, 0.25) is 0 Å². The molecule has 8 heteroatoms. The Hall–Kier alpha value is -4.82. The lowest BCUT2D eigenvalue weighted by atomic mass is 9.94. The number of benzene rings is 3. The van der Waals surface area contributed by atoms with Gasteiger partial charge in [0.25, 0.3) is 11.8 Å². The highest BCUT2D eigenvalue weighted by molar-refractivity contribution is 6.06. The molecule has 8 nitrogen and oxygen atoms in total. The van der Waals surface area contributed by atoms with Crippen molar-refractivity contribution in [2.75, 3.05) is 19.7 Å². The van der Waals surface area contributed by atoms with Gasteiger partial charge in [-0.15, -0.1) is 0 Å². The van der Waals surface area contributed by atoms with Crippen molar-refractivity contribution in [1.29, 1.82) is 0 Å². The molecule has 0 radical (unpaired) electrons. The van der Waals surface area contributed by atoms with Crippen molar-refractivity contribution in [3.8, 4) is 11.1 Å². The number of carboxylic acid groups (broad SMARTS) is 1. The van der Waals surface area contributed by atoms with Crippen LogP contribution in [-0.4, -0.2) is 57.6 Å².